The van der Waals surface area contributed by atoms with Crippen LogP contribution in [0.5, 0.6) is 11.5 Å². The SMILES string of the molecule is COc1cc(/C=C2\NC(=O)N(C)C2=O)cc(Br)c1OCc1cccc2ccccc12. The number of nitrogens with one attached hydrogen (secondary N) is 1. The molecule has 1 fully saturated rings. The Balaban J connectivity index is 1.62. The fraction of sp³-hybridized carbons (Fsp3) is 0.130. The second-order valence-corrected chi connectivity index (χ2v) is 7.67. The van der Waals surface area contributed by atoms with Gasteiger partial charge in [0.25, 0.3) is 5.91 Å². The van der Waals surface area contributed by atoms with Crippen LogP contribution >= 0.6 is 15.9 Å². The van der Waals surface area contributed by atoms with Crippen molar-refractivity contribution in [3.63, 3.8) is 0 Å². The summed E-state index contributed by atoms with van der Waals surface area (Å²) in [4.78, 5) is 24.8. The average molecular weight is 467 g/mol. The zero-order chi connectivity index (χ0) is 21.3. The molecular formula is C23H19BrN2O4. The van der Waals surface area contributed by atoms with Gasteiger partial charge in [-0.25, -0.2) is 4.79 Å². The third-order valence-electron chi connectivity index (χ3n) is 4.90. The third-order valence-corrected chi connectivity index (χ3v) is 5.49. The van der Waals surface area contributed by atoms with Gasteiger partial charge in [0, 0.05) is 7.05 Å². The molecule has 6 nitrogen and oxygen atoms in total. The van der Waals surface area contributed by atoms with Crippen LogP contribution in [0.15, 0.2) is 64.8 Å². The van der Waals surface area contributed by atoms with Crippen molar-refractivity contribution in [2.24, 2.45) is 0 Å². The monoisotopic (exact) mass is 466 g/mol. The predicted octanol–water partition coefficient (Wildman–Crippen LogP) is 4.71. The average Bonchev–Trinajstić information content (AvgIpc) is 2.99. The number of likely N-dealkylation sites (N-methyl/N-ethyl adjacent to an activating group) is 1. The zero-order valence-corrected chi connectivity index (χ0v) is 18.0. The molecule has 0 aromatic heterocycles. The molecule has 0 saturated carbocycles. The first kappa shape index (κ1) is 20.0. The van der Waals surface area contributed by atoms with Gasteiger partial charge in [-0.2, -0.15) is 0 Å². The van der Waals surface area contributed by atoms with Crippen molar-refractivity contribution in [2.45, 2.75) is 6.61 Å². The van der Waals surface area contributed by atoms with Gasteiger partial charge < -0.3 is 14.8 Å². The van der Waals surface area contributed by atoms with Crippen molar-refractivity contribution in [1.29, 1.82) is 0 Å². The number of carbonyl (C=O) groups excluding carboxylic acids is 2. The van der Waals surface area contributed by atoms with E-state index >= 15 is 0 Å². The summed E-state index contributed by atoms with van der Waals surface area (Å²) >= 11 is 3.53. The molecule has 3 aromatic carbocycles. The number of imide groups is 1. The summed E-state index contributed by atoms with van der Waals surface area (Å²) in [6, 6.07) is 17.4. The van der Waals surface area contributed by atoms with Gasteiger partial charge in [-0.3, -0.25) is 9.69 Å². The van der Waals surface area contributed by atoms with E-state index in [1.807, 2.05) is 30.3 Å². The van der Waals surface area contributed by atoms with Crippen molar-refractivity contribution in [2.75, 3.05) is 14.2 Å². The molecule has 7 heteroatoms. The van der Waals surface area contributed by atoms with E-state index in [1.54, 1.807) is 19.3 Å². The summed E-state index contributed by atoms with van der Waals surface area (Å²) in [5.41, 5.74) is 1.96. The molecule has 1 aliphatic rings. The molecule has 4 rings (SSSR count). The second kappa shape index (κ2) is 8.20. The van der Waals surface area contributed by atoms with E-state index in [4.69, 9.17) is 9.47 Å². The molecule has 1 saturated heterocycles. The fourth-order valence-electron chi connectivity index (χ4n) is 3.32. The highest BCUT2D eigenvalue weighted by Gasteiger charge is 2.30. The summed E-state index contributed by atoms with van der Waals surface area (Å²) in [6.07, 6.45) is 1.60. The number of rotatable bonds is 5. The van der Waals surface area contributed by atoms with Gasteiger partial charge in [-0.1, -0.05) is 42.5 Å². The summed E-state index contributed by atoms with van der Waals surface area (Å²) in [5, 5.41) is 4.84. The largest absolute Gasteiger partial charge is 0.493 e. The van der Waals surface area contributed by atoms with Crippen LogP contribution in [0.3, 0.4) is 0 Å². The first-order valence-corrected chi connectivity index (χ1v) is 10.0. The molecule has 0 radical (unpaired) electrons. The Bertz CT molecular complexity index is 1180. The van der Waals surface area contributed by atoms with E-state index in [0.29, 0.717) is 28.1 Å². The standard InChI is InChI=1S/C23H19BrN2O4/c1-26-22(27)19(25-23(26)28)11-14-10-18(24)21(20(12-14)29-2)30-13-16-8-5-7-15-6-3-4-9-17(15)16/h3-12H,13H2,1-2H3,(H,25,28)/b19-11-. The maximum Gasteiger partial charge on any atom is 0.328 e. The van der Waals surface area contributed by atoms with E-state index < -0.39 is 6.03 Å². The molecule has 0 aliphatic carbocycles. The Morgan fingerprint density at radius 2 is 1.87 bits per heavy atom. The molecule has 0 unspecified atom stereocenters. The smallest absolute Gasteiger partial charge is 0.328 e. The minimum absolute atomic E-state index is 0.209. The van der Waals surface area contributed by atoms with Crippen molar-refractivity contribution < 1.29 is 19.1 Å². The molecule has 1 heterocycles. The molecule has 1 aliphatic heterocycles. The van der Waals surface area contributed by atoms with Gasteiger partial charge in [-0.05, 0) is 56.0 Å². The van der Waals surface area contributed by atoms with Gasteiger partial charge in [0.1, 0.15) is 12.3 Å². The minimum atomic E-state index is -0.452. The Kier molecular flexibility index (Phi) is 5.46. The van der Waals surface area contributed by atoms with Gasteiger partial charge in [-0.15, -0.1) is 0 Å². The summed E-state index contributed by atoms with van der Waals surface area (Å²) in [5.74, 6) is 0.694. The first-order valence-electron chi connectivity index (χ1n) is 9.25. The number of nitrogens with zero attached hydrogens (tertiary/aromatic N) is 1. The summed E-state index contributed by atoms with van der Waals surface area (Å²) in [7, 11) is 2.99. The van der Waals surface area contributed by atoms with Gasteiger partial charge in [0.15, 0.2) is 11.5 Å². The van der Waals surface area contributed by atoms with Crippen LogP contribution < -0.4 is 14.8 Å². The highest BCUT2D eigenvalue weighted by Crippen LogP contribution is 2.38. The highest BCUT2D eigenvalue weighted by molar-refractivity contribution is 9.10. The van der Waals surface area contributed by atoms with Crippen LogP contribution in [0.2, 0.25) is 0 Å². The number of amides is 3. The maximum atomic E-state index is 12.1. The van der Waals surface area contributed by atoms with Gasteiger partial charge in [0.05, 0.1) is 11.6 Å². The molecule has 30 heavy (non-hydrogen) atoms. The van der Waals surface area contributed by atoms with Crippen LogP contribution in [0.1, 0.15) is 11.1 Å². The van der Waals surface area contributed by atoms with E-state index in [2.05, 4.69) is 39.4 Å². The zero-order valence-electron chi connectivity index (χ0n) is 16.4. The third kappa shape index (κ3) is 3.76. The van der Waals surface area contributed by atoms with Crippen LogP contribution in [0.4, 0.5) is 4.79 Å². The van der Waals surface area contributed by atoms with Crippen molar-refractivity contribution >= 4 is 44.7 Å². The van der Waals surface area contributed by atoms with Crippen molar-refractivity contribution in [1.82, 2.24) is 10.2 Å². The van der Waals surface area contributed by atoms with E-state index in [1.165, 1.54) is 7.05 Å². The number of hydrogen-bond acceptors (Lipinski definition) is 4. The Labute approximate surface area is 182 Å². The van der Waals surface area contributed by atoms with E-state index in [0.717, 1.165) is 21.2 Å². The summed E-state index contributed by atoms with van der Waals surface area (Å²) < 4.78 is 12.3. The first-order chi connectivity index (χ1) is 14.5. The van der Waals surface area contributed by atoms with Crippen LogP contribution in [-0.2, 0) is 11.4 Å². The van der Waals surface area contributed by atoms with Crippen LogP contribution in [-0.4, -0.2) is 31.0 Å². The highest BCUT2D eigenvalue weighted by atomic mass is 79.9. The number of urea groups is 1. The minimum Gasteiger partial charge on any atom is -0.493 e. The molecule has 0 atom stereocenters. The van der Waals surface area contributed by atoms with Crippen LogP contribution in [0.25, 0.3) is 16.8 Å². The predicted molar refractivity (Wildman–Crippen MR) is 118 cm³/mol. The molecule has 152 valence electrons. The normalized spacial score (nSPS) is 15.0. The second-order valence-electron chi connectivity index (χ2n) is 6.81. The molecule has 0 spiro atoms. The van der Waals surface area contributed by atoms with Crippen molar-refractivity contribution in [3.05, 3.63) is 75.9 Å². The molecule has 0 bridgehead atoms. The molecular weight excluding hydrogens is 448 g/mol. The van der Waals surface area contributed by atoms with Crippen LogP contribution in [0, 0.1) is 0 Å². The lowest BCUT2D eigenvalue weighted by Crippen LogP contribution is -2.25. The fourth-order valence-corrected chi connectivity index (χ4v) is 3.90. The number of benzene rings is 3. The van der Waals surface area contributed by atoms with Crippen molar-refractivity contribution in [3.8, 4) is 11.5 Å². The number of carbonyl (C=O) groups is 2. The topological polar surface area (TPSA) is 67.9 Å². The number of hydrogen-bond donors (Lipinski definition) is 1. The van der Waals surface area contributed by atoms with E-state index in [-0.39, 0.29) is 11.6 Å². The number of ether oxygens (including phenoxy) is 2. The Hall–Kier alpha value is -3.32. The summed E-state index contributed by atoms with van der Waals surface area (Å²) in [6.45, 7) is 0.371. The lowest BCUT2D eigenvalue weighted by atomic mass is 10.1. The van der Waals surface area contributed by atoms with Gasteiger partial charge in [0.2, 0.25) is 0 Å². The number of halogens is 1. The molecule has 3 aromatic rings. The molecule has 3 amide bonds. The number of methoxy groups -OCH3 is 1. The Morgan fingerprint density at radius 3 is 2.60 bits per heavy atom. The lowest BCUT2D eigenvalue weighted by Gasteiger charge is -2.15. The van der Waals surface area contributed by atoms with Gasteiger partial charge >= 0.3 is 6.03 Å². The van der Waals surface area contributed by atoms with E-state index in [9.17, 15) is 9.59 Å². The molecule has 1 N–H and O–H groups in total. The number of fused-ring (bicyclic) bond motifs is 1. The maximum absolute atomic E-state index is 12.1. The quantitative estimate of drug-likeness (QED) is 0.436. The Morgan fingerprint density at radius 1 is 1.10 bits per heavy atom. The lowest BCUT2D eigenvalue weighted by molar-refractivity contribution is -0.121.